The van der Waals surface area contributed by atoms with Crippen molar-refractivity contribution in [2.75, 3.05) is 12.3 Å². The van der Waals surface area contributed by atoms with E-state index in [1.807, 2.05) is 0 Å². The van der Waals surface area contributed by atoms with Gasteiger partial charge in [-0.2, -0.15) is 13.2 Å². The standard InChI is InChI=1S/C25H27F3N2O3S/c26-25(27,28)20-6-4-5-17(13-20)18-11-12-30(24(31)15-18)23-10-9-21(29)14-19(23)16-34(32,33)22-7-2-1-3-8-22/h1-8,13,15,19,21,23H,9-12,14,16,29H2/t19-,21+,23-/m0/s1. The van der Waals surface area contributed by atoms with Gasteiger partial charge in [0.2, 0.25) is 5.91 Å². The molecule has 1 amide bonds. The number of nitrogens with zero attached hydrogens (tertiary/aromatic N) is 1. The zero-order chi connectivity index (χ0) is 24.5. The van der Waals surface area contributed by atoms with Gasteiger partial charge < -0.3 is 10.6 Å². The first-order valence-corrected chi connectivity index (χ1v) is 12.9. The molecule has 1 aliphatic carbocycles. The van der Waals surface area contributed by atoms with Crippen LogP contribution >= 0.6 is 0 Å². The smallest absolute Gasteiger partial charge is 0.336 e. The van der Waals surface area contributed by atoms with Crippen molar-refractivity contribution in [3.63, 3.8) is 0 Å². The molecule has 4 rings (SSSR count). The molecule has 1 aliphatic heterocycles. The topological polar surface area (TPSA) is 80.5 Å². The van der Waals surface area contributed by atoms with E-state index >= 15 is 0 Å². The summed E-state index contributed by atoms with van der Waals surface area (Å²) < 4.78 is 65.3. The van der Waals surface area contributed by atoms with Crippen LogP contribution in [-0.2, 0) is 20.8 Å². The van der Waals surface area contributed by atoms with Crippen molar-refractivity contribution in [2.45, 2.75) is 48.8 Å². The van der Waals surface area contributed by atoms with Gasteiger partial charge in [-0.1, -0.05) is 30.3 Å². The van der Waals surface area contributed by atoms with Crippen molar-refractivity contribution in [1.29, 1.82) is 0 Å². The quantitative estimate of drug-likeness (QED) is 0.675. The molecule has 34 heavy (non-hydrogen) atoms. The molecule has 0 bridgehead atoms. The third-order valence-corrected chi connectivity index (χ3v) is 8.54. The maximum absolute atomic E-state index is 13.1. The average Bonchev–Trinajstić information content (AvgIpc) is 2.79. The Bertz CT molecular complexity index is 1180. The van der Waals surface area contributed by atoms with Gasteiger partial charge in [-0.3, -0.25) is 4.79 Å². The highest BCUT2D eigenvalue weighted by atomic mass is 32.2. The highest BCUT2D eigenvalue weighted by molar-refractivity contribution is 7.91. The zero-order valence-corrected chi connectivity index (χ0v) is 19.4. The summed E-state index contributed by atoms with van der Waals surface area (Å²) in [5.74, 6) is -0.730. The van der Waals surface area contributed by atoms with E-state index in [9.17, 15) is 26.4 Å². The van der Waals surface area contributed by atoms with Crippen LogP contribution in [0, 0.1) is 5.92 Å². The molecule has 0 unspecified atom stereocenters. The molecule has 2 N–H and O–H groups in total. The Morgan fingerprint density at radius 1 is 1.03 bits per heavy atom. The number of amides is 1. The number of alkyl halides is 3. The monoisotopic (exact) mass is 492 g/mol. The first-order chi connectivity index (χ1) is 16.0. The van der Waals surface area contributed by atoms with Gasteiger partial charge >= 0.3 is 6.18 Å². The third kappa shape index (κ3) is 5.36. The van der Waals surface area contributed by atoms with E-state index in [1.165, 1.54) is 12.1 Å². The Kier molecular flexibility index (Phi) is 6.87. The first-order valence-electron chi connectivity index (χ1n) is 11.3. The predicted octanol–water partition coefficient (Wildman–Crippen LogP) is 4.29. The van der Waals surface area contributed by atoms with E-state index in [1.54, 1.807) is 41.3 Å². The van der Waals surface area contributed by atoms with E-state index in [4.69, 9.17) is 5.73 Å². The number of halogens is 3. The lowest BCUT2D eigenvalue weighted by molar-refractivity contribution is -0.137. The number of sulfone groups is 1. The summed E-state index contributed by atoms with van der Waals surface area (Å²) in [6, 6.07) is 12.8. The Balaban J connectivity index is 1.55. The van der Waals surface area contributed by atoms with Crippen LogP contribution < -0.4 is 5.73 Å². The highest BCUT2D eigenvalue weighted by Gasteiger charge is 2.39. The number of nitrogens with two attached hydrogens (primary N) is 1. The Morgan fingerprint density at radius 2 is 1.76 bits per heavy atom. The van der Waals surface area contributed by atoms with Crippen molar-refractivity contribution in [3.05, 3.63) is 71.8 Å². The van der Waals surface area contributed by atoms with E-state index in [-0.39, 0.29) is 34.6 Å². The van der Waals surface area contributed by atoms with Crippen molar-refractivity contribution in [1.82, 2.24) is 4.90 Å². The summed E-state index contributed by atoms with van der Waals surface area (Å²) in [5.41, 5.74) is 6.32. The second-order valence-corrected chi connectivity index (χ2v) is 11.1. The van der Waals surface area contributed by atoms with E-state index in [2.05, 4.69) is 0 Å². The third-order valence-electron chi connectivity index (χ3n) is 6.68. The van der Waals surface area contributed by atoms with E-state index < -0.39 is 21.6 Å². The number of benzene rings is 2. The van der Waals surface area contributed by atoms with Gasteiger partial charge in [-0.25, -0.2) is 8.42 Å². The van der Waals surface area contributed by atoms with Gasteiger partial charge in [0.25, 0.3) is 0 Å². The molecule has 2 aliphatic rings. The summed E-state index contributed by atoms with van der Waals surface area (Å²) in [4.78, 5) is 15.0. The van der Waals surface area contributed by atoms with Crippen LogP contribution in [0.1, 0.15) is 36.8 Å². The maximum atomic E-state index is 13.1. The molecule has 2 aromatic rings. The largest absolute Gasteiger partial charge is 0.416 e. The van der Waals surface area contributed by atoms with Gasteiger partial charge in [0.1, 0.15) is 0 Å². The molecule has 0 radical (unpaired) electrons. The van der Waals surface area contributed by atoms with Crippen molar-refractivity contribution < 1.29 is 26.4 Å². The van der Waals surface area contributed by atoms with Crippen LogP contribution in [0.25, 0.3) is 5.57 Å². The van der Waals surface area contributed by atoms with Gasteiger partial charge in [0.05, 0.1) is 16.2 Å². The fraction of sp³-hybridized carbons (Fsp3) is 0.400. The van der Waals surface area contributed by atoms with Crippen molar-refractivity contribution in [3.8, 4) is 0 Å². The van der Waals surface area contributed by atoms with Gasteiger partial charge in [0.15, 0.2) is 9.84 Å². The summed E-state index contributed by atoms with van der Waals surface area (Å²) in [5, 5.41) is 0. The van der Waals surface area contributed by atoms with Crippen LogP contribution in [0.4, 0.5) is 13.2 Å². The molecule has 9 heteroatoms. The number of hydrogen-bond acceptors (Lipinski definition) is 4. The molecule has 0 aromatic heterocycles. The van der Waals surface area contributed by atoms with Crippen LogP contribution in [0.3, 0.4) is 0 Å². The van der Waals surface area contributed by atoms with Crippen LogP contribution in [-0.4, -0.2) is 43.6 Å². The van der Waals surface area contributed by atoms with Crippen LogP contribution in [0.2, 0.25) is 0 Å². The minimum absolute atomic E-state index is 0.108. The van der Waals surface area contributed by atoms with E-state index in [0.29, 0.717) is 43.4 Å². The SMILES string of the molecule is N[C@@H]1CC[C@H](N2CCC(c3cccc(C(F)(F)F)c3)=CC2=O)[C@H](CS(=O)(=O)c2ccccc2)C1. The fourth-order valence-corrected chi connectivity index (χ4v) is 6.67. The second kappa shape index (κ2) is 9.54. The fourth-order valence-electron chi connectivity index (χ4n) is 4.99. The molecule has 182 valence electrons. The lowest BCUT2D eigenvalue weighted by atomic mass is 9.81. The number of hydrogen-bond donors (Lipinski definition) is 1. The molecular weight excluding hydrogens is 465 g/mol. The van der Waals surface area contributed by atoms with Crippen molar-refractivity contribution in [2.24, 2.45) is 11.7 Å². The lowest BCUT2D eigenvalue weighted by Gasteiger charge is -2.43. The summed E-state index contributed by atoms with van der Waals surface area (Å²) in [6.45, 7) is 0.322. The molecule has 2 aromatic carbocycles. The summed E-state index contributed by atoms with van der Waals surface area (Å²) >= 11 is 0. The summed E-state index contributed by atoms with van der Waals surface area (Å²) in [7, 11) is -3.56. The summed E-state index contributed by atoms with van der Waals surface area (Å²) in [6.07, 6.45) is -0.913. The van der Waals surface area contributed by atoms with Crippen molar-refractivity contribution >= 4 is 21.3 Å². The molecule has 5 nitrogen and oxygen atoms in total. The minimum atomic E-state index is -4.46. The maximum Gasteiger partial charge on any atom is 0.416 e. The van der Waals surface area contributed by atoms with Gasteiger partial charge in [-0.05, 0) is 67.0 Å². The molecule has 1 fully saturated rings. The number of carbonyl (C=O) groups excluding carboxylic acids is 1. The molecule has 0 spiro atoms. The zero-order valence-electron chi connectivity index (χ0n) is 18.5. The normalized spacial score (nSPS) is 24.1. The molecule has 3 atom stereocenters. The Labute approximate surface area is 197 Å². The van der Waals surface area contributed by atoms with Gasteiger partial charge in [0, 0.05) is 24.7 Å². The predicted molar refractivity (Wildman–Crippen MR) is 123 cm³/mol. The molecule has 1 saturated carbocycles. The Hall–Kier alpha value is -2.65. The molecular formula is C25H27F3N2O3S. The van der Waals surface area contributed by atoms with Crippen LogP contribution in [0.15, 0.2) is 65.6 Å². The van der Waals surface area contributed by atoms with Gasteiger partial charge in [-0.15, -0.1) is 0 Å². The molecule has 1 heterocycles. The second-order valence-electron chi connectivity index (χ2n) is 9.02. The lowest BCUT2D eigenvalue weighted by Crippen LogP contribution is -2.51. The minimum Gasteiger partial charge on any atom is -0.336 e. The van der Waals surface area contributed by atoms with Crippen LogP contribution in [0.5, 0.6) is 0 Å². The number of rotatable bonds is 5. The average molecular weight is 493 g/mol. The Morgan fingerprint density at radius 3 is 2.44 bits per heavy atom. The first kappa shape index (κ1) is 24.5. The van der Waals surface area contributed by atoms with E-state index in [0.717, 1.165) is 12.1 Å². The molecule has 0 saturated heterocycles. The highest BCUT2D eigenvalue weighted by Crippen LogP contribution is 2.35. The number of carbonyl (C=O) groups is 1.